The zero-order valence-electron chi connectivity index (χ0n) is 4.96. The molecule has 1 fully saturated rings. The molecule has 0 saturated carbocycles. The minimum Gasteiger partial charge on any atom is -0.444 e. The van der Waals surface area contributed by atoms with E-state index in [2.05, 4.69) is 10.1 Å². The highest BCUT2D eigenvalue weighted by Gasteiger charge is 2.17. The molecule has 0 aliphatic carbocycles. The van der Waals surface area contributed by atoms with Crippen molar-refractivity contribution in [2.45, 2.75) is 12.5 Å². The summed E-state index contributed by atoms with van der Waals surface area (Å²) in [5.74, 6) is 0. The van der Waals surface area contributed by atoms with Gasteiger partial charge in [-0.25, -0.2) is 4.79 Å². The molecule has 1 aliphatic rings. The molecule has 0 unspecified atom stereocenters. The molecule has 0 aromatic heterocycles. The fraction of sp³-hybridized carbons (Fsp3) is 0.800. The van der Waals surface area contributed by atoms with Crippen molar-refractivity contribution >= 4 is 6.09 Å². The molecule has 0 aromatic rings. The second kappa shape index (κ2) is 2.68. The Labute approximate surface area is 52.8 Å². The largest absolute Gasteiger partial charge is 0.444 e. The lowest BCUT2D eigenvalue weighted by molar-refractivity contribution is 0.0374. The summed E-state index contributed by atoms with van der Waals surface area (Å²) >= 11 is 0. The fourth-order valence-electron chi connectivity index (χ4n) is 0.716. The van der Waals surface area contributed by atoms with Crippen LogP contribution in [0.15, 0.2) is 0 Å². The quantitative estimate of drug-likeness (QED) is 0.503. The number of carbonyl (C=O) groups excluding carboxylic acids is 1. The Morgan fingerprint density at radius 2 is 2.67 bits per heavy atom. The summed E-state index contributed by atoms with van der Waals surface area (Å²) in [4.78, 5) is 10.4. The minimum absolute atomic E-state index is 0.0760. The van der Waals surface area contributed by atoms with Gasteiger partial charge >= 0.3 is 6.09 Å². The average molecular weight is 131 g/mol. The van der Waals surface area contributed by atoms with Gasteiger partial charge in [0.1, 0.15) is 6.10 Å². The predicted octanol–water partition coefficient (Wildman–Crippen LogP) is -0.523. The second-order valence-electron chi connectivity index (χ2n) is 1.93. The highest BCUT2D eigenvalue weighted by atomic mass is 16.6. The minimum atomic E-state index is -0.430. The maximum atomic E-state index is 10.4. The van der Waals surface area contributed by atoms with E-state index < -0.39 is 6.09 Å². The first kappa shape index (κ1) is 6.35. The van der Waals surface area contributed by atoms with Gasteiger partial charge in [0.25, 0.3) is 0 Å². The number of hydrogen-bond acceptors (Lipinski definition) is 3. The first-order chi connectivity index (χ1) is 4.33. The number of hydrogen-bond donors (Lipinski definition) is 2. The highest BCUT2D eigenvalue weighted by molar-refractivity contribution is 5.67. The normalized spacial score (nSPS) is 26.8. The lowest BCUT2D eigenvalue weighted by Crippen LogP contribution is -2.39. The van der Waals surface area contributed by atoms with Crippen LogP contribution in [0.4, 0.5) is 4.79 Å². The maximum absolute atomic E-state index is 10.4. The van der Waals surface area contributed by atoms with Crippen LogP contribution in [0.3, 0.4) is 0 Å². The Bertz CT molecular complexity index is 115. The van der Waals surface area contributed by atoms with E-state index in [1.165, 1.54) is 0 Å². The van der Waals surface area contributed by atoms with Gasteiger partial charge in [-0.2, -0.15) is 0 Å². The molecule has 1 aliphatic heterocycles. The van der Waals surface area contributed by atoms with Crippen molar-refractivity contribution in [3.8, 4) is 0 Å². The van der Waals surface area contributed by atoms with Crippen molar-refractivity contribution < 1.29 is 14.6 Å². The van der Waals surface area contributed by atoms with Crippen LogP contribution >= 0.6 is 0 Å². The molecule has 9 heavy (non-hydrogen) atoms. The van der Waals surface area contributed by atoms with Crippen molar-refractivity contribution in [1.82, 2.24) is 5.32 Å². The van der Waals surface area contributed by atoms with Gasteiger partial charge in [-0.05, 0) is 0 Å². The molecule has 52 valence electrons. The van der Waals surface area contributed by atoms with Crippen LogP contribution in [-0.4, -0.2) is 30.5 Å². The average Bonchev–Trinajstić information content (AvgIpc) is 1.88. The second-order valence-corrected chi connectivity index (χ2v) is 1.93. The molecule has 1 rings (SSSR count). The Hall–Kier alpha value is -0.770. The molecule has 1 saturated heterocycles. The van der Waals surface area contributed by atoms with Crippen LogP contribution < -0.4 is 5.32 Å². The molecule has 2 N–H and O–H groups in total. The fourth-order valence-corrected chi connectivity index (χ4v) is 0.716. The van der Waals surface area contributed by atoms with Crippen molar-refractivity contribution in [3.63, 3.8) is 0 Å². The maximum Gasteiger partial charge on any atom is 0.407 e. The van der Waals surface area contributed by atoms with E-state index in [9.17, 15) is 4.79 Å². The number of cyclic esters (lactones) is 1. The van der Waals surface area contributed by atoms with Crippen LogP contribution in [0.5, 0.6) is 0 Å². The number of ether oxygens (including phenoxy) is 1. The van der Waals surface area contributed by atoms with Gasteiger partial charge in [0.15, 0.2) is 0 Å². The predicted molar refractivity (Wildman–Crippen MR) is 30.0 cm³/mol. The number of nitrogens with one attached hydrogen (secondary N) is 1. The third kappa shape index (κ3) is 1.57. The summed E-state index contributed by atoms with van der Waals surface area (Å²) in [6.45, 7) is 0.525. The molecule has 1 amide bonds. The van der Waals surface area contributed by atoms with Crippen molar-refractivity contribution in [1.29, 1.82) is 0 Å². The van der Waals surface area contributed by atoms with E-state index in [1.807, 2.05) is 0 Å². The molecule has 0 radical (unpaired) electrons. The van der Waals surface area contributed by atoms with Gasteiger partial charge in [-0.1, -0.05) is 0 Å². The lowest BCUT2D eigenvalue weighted by Gasteiger charge is -2.20. The van der Waals surface area contributed by atoms with Gasteiger partial charge in [-0.3, -0.25) is 0 Å². The molecule has 4 nitrogen and oxygen atoms in total. The standard InChI is InChI=1S/C5H9NO3/c7-3-4-1-2-6-5(8)9-4/h4,7H,1-3H2,(H,6,8)/t4-/m1/s1. The van der Waals surface area contributed by atoms with Crippen molar-refractivity contribution in [2.24, 2.45) is 0 Å². The third-order valence-corrected chi connectivity index (χ3v) is 1.21. The van der Waals surface area contributed by atoms with E-state index in [0.717, 1.165) is 0 Å². The topological polar surface area (TPSA) is 58.6 Å². The number of amides is 1. The van der Waals surface area contributed by atoms with Crippen LogP contribution in [0, 0.1) is 0 Å². The van der Waals surface area contributed by atoms with E-state index in [0.29, 0.717) is 13.0 Å². The number of aliphatic hydroxyl groups is 1. The summed E-state index contributed by atoms with van der Waals surface area (Å²) in [5.41, 5.74) is 0. The van der Waals surface area contributed by atoms with Crippen LogP contribution in [0.2, 0.25) is 0 Å². The Morgan fingerprint density at radius 1 is 1.89 bits per heavy atom. The van der Waals surface area contributed by atoms with E-state index in [1.54, 1.807) is 0 Å². The van der Waals surface area contributed by atoms with Crippen molar-refractivity contribution in [3.05, 3.63) is 0 Å². The van der Waals surface area contributed by atoms with Crippen LogP contribution in [0.25, 0.3) is 0 Å². The summed E-state index contributed by atoms with van der Waals surface area (Å²) in [6, 6.07) is 0. The van der Waals surface area contributed by atoms with E-state index >= 15 is 0 Å². The smallest absolute Gasteiger partial charge is 0.407 e. The SMILES string of the molecule is O=C1NCC[C@H](CO)O1. The Balaban J connectivity index is 2.32. The highest BCUT2D eigenvalue weighted by Crippen LogP contribution is 2.01. The van der Waals surface area contributed by atoms with Crippen LogP contribution in [-0.2, 0) is 4.74 Å². The van der Waals surface area contributed by atoms with Crippen LogP contribution in [0.1, 0.15) is 6.42 Å². The van der Waals surface area contributed by atoms with Gasteiger partial charge in [0.2, 0.25) is 0 Å². The zero-order chi connectivity index (χ0) is 6.69. The van der Waals surface area contributed by atoms with E-state index in [-0.39, 0.29) is 12.7 Å². The molecular weight excluding hydrogens is 122 g/mol. The summed E-state index contributed by atoms with van der Waals surface area (Å²) in [5, 5.41) is 11.0. The van der Waals surface area contributed by atoms with Gasteiger partial charge < -0.3 is 15.2 Å². The van der Waals surface area contributed by atoms with Gasteiger partial charge in [0, 0.05) is 13.0 Å². The first-order valence-corrected chi connectivity index (χ1v) is 2.88. The monoisotopic (exact) mass is 131 g/mol. The molecule has 0 spiro atoms. The molecule has 0 aromatic carbocycles. The Kier molecular flexibility index (Phi) is 1.89. The number of carbonyl (C=O) groups is 1. The number of rotatable bonds is 1. The number of alkyl carbamates (subject to hydrolysis) is 1. The summed E-state index contributed by atoms with van der Waals surface area (Å²) < 4.78 is 4.64. The molecule has 1 heterocycles. The molecule has 4 heteroatoms. The Morgan fingerprint density at radius 3 is 3.11 bits per heavy atom. The molecule has 0 bridgehead atoms. The lowest BCUT2D eigenvalue weighted by atomic mass is 10.2. The van der Waals surface area contributed by atoms with Gasteiger partial charge in [-0.15, -0.1) is 0 Å². The third-order valence-electron chi connectivity index (χ3n) is 1.21. The van der Waals surface area contributed by atoms with Crippen molar-refractivity contribution in [2.75, 3.05) is 13.2 Å². The number of aliphatic hydroxyl groups excluding tert-OH is 1. The molecular formula is C5H9NO3. The van der Waals surface area contributed by atoms with Gasteiger partial charge in [0.05, 0.1) is 6.61 Å². The summed E-state index contributed by atoms with van der Waals surface area (Å²) in [7, 11) is 0. The first-order valence-electron chi connectivity index (χ1n) is 2.88. The zero-order valence-corrected chi connectivity index (χ0v) is 4.96. The van der Waals surface area contributed by atoms with E-state index in [4.69, 9.17) is 5.11 Å². The summed E-state index contributed by atoms with van der Waals surface area (Å²) in [6.07, 6.45) is -0.0264. The molecule has 1 atom stereocenters.